The lowest BCUT2D eigenvalue weighted by atomic mass is 10.1. The van der Waals surface area contributed by atoms with Crippen LogP contribution in [0.25, 0.3) is 0 Å². The Hall–Kier alpha value is -1.88. The molecule has 0 saturated carbocycles. The number of carbonyl (C=O) groups excluding carboxylic acids is 2. The Morgan fingerprint density at radius 1 is 1.50 bits per heavy atom. The summed E-state index contributed by atoms with van der Waals surface area (Å²) in [5.41, 5.74) is 1.47. The van der Waals surface area contributed by atoms with Crippen molar-refractivity contribution in [1.82, 2.24) is 10.4 Å². The van der Waals surface area contributed by atoms with E-state index in [0.29, 0.717) is 12.1 Å². The number of benzene rings is 1. The normalized spacial score (nSPS) is 19.1. The van der Waals surface area contributed by atoms with Crippen molar-refractivity contribution < 1.29 is 14.4 Å². The number of amides is 2. The summed E-state index contributed by atoms with van der Waals surface area (Å²) in [5.74, 6) is -0.438. The van der Waals surface area contributed by atoms with Crippen LogP contribution >= 0.6 is 0 Å². The van der Waals surface area contributed by atoms with Crippen molar-refractivity contribution in [3.63, 3.8) is 0 Å². The number of nitrogens with one attached hydrogen (secondary N) is 1. The molecule has 1 saturated heterocycles. The maximum Gasteiger partial charge on any atom is 0.271 e. The summed E-state index contributed by atoms with van der Waals surface area (Å²) in [7, 11) is 0. The quantitative estimate of drug-likeness (QED) is 0.864. The number of carbonyl (C=O) groups is 2. The summed E-state index contributed by atoms with van der Waals surface area (Å²) in [6, 6.07) is 6.68. The number of nitrogens with zero attached hydrogens (tertiary/aromatic N) is 1. The fourth-order valence-electron chi connectivity index (χ4n) is 1.89. The highest BCUT2D eigenvalue weighted by Gasteiger charge is 2.33. The number of hydrogen-bond donors (Lipinski definition) is 1. The summed E-state index contributed by atoms with van der Waals surface area (Å²) in [4.78, 5) is 29.0. The molecule has 96 valence electrons. The molecule has 1 N–H and O–H groups in total. The Kier molecular flexibility index (Phi) is 3.62. The Morgan fingerprint density at radius 3 is 2.83 bits per heavy atom. The van der Waals surface area contributed by atoms with E-state index in [1.54, 1.807) is 12.1 Å². The molecule has 5 nitrogen and oxygen atoms in total. The van der Waals surface area contributed by atoms with Crippen LogP contribution in [0.5, 0.6) is 0 Å². The monoisotopic (exact) mass is 248 g/mol. The number of hydrogen-bond acceptors (Lipinski definition) is 3. The van der Waals surface area contributed by atoms with Crippen LogP contribution < -0.4 is 5.32 Å². The van der Waals surface area contributed by atoms with Crippen LogP contribution in [0.2, 0.25) is 0 Å². The first-order valence-corrected chi connectivity index (χ1v) is 5.94. The summed E-state index contributed by atoms with van der Waals surface area (Å²) in [6.45, 7) is 4.36. The average Bonchev–Trinajstić information content (AvgIpc) is 2.71. The first kappa shape index (κ1) is 12.6. The van der Waals surface area contributed by atoms with E-state index in [2.05, 4.69) is 5.32 Å². The van der Waals surface area contributed by atoms with E-state index in [9.17, 15) is 9.59 Å². The van der Waals surface area contributed by atoms with Gasteiger partial charge in [0.1, 0.15) is 12.6 Å². The van der Waals surface area contributed by atoms with E-state index in [1.807, 2.05) is 26.0 Å². The molecule has 0 radical (unpaired) electrons. The highest BCUT2D eigenvalue weighted by Crippen LogP contribution is 2.10. The molecule has 0 bridgehead atoms. The van der Waals surface area contributed by atoms with Crippen molar-refractivity contribution in [1.29, 1.82) is 0 Å². The summed E-state index contributed by atoms with van der Waals surface area (Å²) < 4.78 is 0. The van der Waals surface area contributed by atoms with Gasteiger partial charge in [0.2, 0.25) is 0 Å². The highest BCUT2D eigenvalue weighted by atomic mass is 16.7. The van der Waals surface area contributed by atoms with Gasteiger partial charge >= 0.3 is 0 Å². The minimum absolute atomic E-state index is 0.195. The van der Waals surface area contributed by atoms with Gasteiger partial charge in [-0.1, -0.05) is 18.2 Å². The lowest BCUT2D eigenvalue weighted by Gasteiger charge is -2.12. The minimum Gasteiger partial charge on any atom is -0.338 e. The molecule has 1 atom stereocenters. The number of hydroxylamine groups is 2. The fraction of sp³-hybridized carbons (Fsp3) is 0.385. The standard InChI is InChI=1S/C13H16N2O3/c1-3-15-13(17)11(8-18-15)14-12(16)10-7-5-4-6-9(10)2/h4-7,11H,3,8H2,1-2H3,(H,14,16). The van der Waals surface area contributed by atoms with E-state index in [1.165, 1.54) is 5.06 Å². The van der Waals surface area contributed by atoms with Crippen molar-refractivity contribution in [3.8, 4) is 0 Å². The zero-order valence-electron chi connectivity index (χ0n) is 10.5. The van der Waals surface area contributed by atoms with Crippen LogP contribution in [0.1, 0.15) is 22.8 Å². The minimum atomic E-state index is -0.586. The molecule has 2 amide bonds. The first-order chi connectivity index (χ1) is 8.63. The van der Waals surface area contributed by atoms with E-state index < -0.39 is 6.04 Å². The largest absolute Gasteiger partial charge is 0.338 e. The van der Waals surface area contributed by atoms with Crippen LogP contribution in [-0.2, 0) is 9.63 Å². The second kappa shape index (κ2) is 5.18. The van der Waals surface area contributed by atoms with Gasteiger partial charge < -0.3 is 5.32 Å². The molecule has 1 aromatic rings. The number of rotatable bonds is 3. The van der Waals surface area contributed by atoms with Crippen LogP contribution in [0.15, 0.2) is 24.3 Å². The first-order valence-electron chi connectivity index (χ1n) is 5.94. The molecule has 1 aliphatic heterocycles. The van der Waals surface area contributed by atoms with Gasteiger partial charge in [-0.2, -0.15) is 0 Å². The van der Waals surface area contributed by atoms with E-state index >= 15 is 0 Å². The van der Waals surface area contributed by atoms with Crippen LogP contribution in [-0.4, -0.2) is 36.1 Å². The van der Waals surface area contributed by atoms with E-state index in [4.69, 9.17) is 4.84 Å². The lowest BCUT2D eigenvalue weighted by Crippen LogP contribution is -2.42. The third-order valence-electron chi connectivity index (χ3n) is 2.92. The Balaban J connectivity index is 2.05. The maximum atomic E-state index is 12.0. The molecule has 2 rings (SSSR count). The van der Waals surface area contributed by atoms with Crippen molar-refractivity contribution >= 4 is 11.8 Å². The molecule has 1 unspecified atom stereocenters. The molecule has 5 heteroatoms. The summed E-state index contributed by atoms with van der Waals surface area (Å²) in [5, 5.41) is 3.96. The van der Waals surface area contributed by atoms with E-state index in [0.717, 1.165) is 5.56 Å². The molecule has 0 spiro atoms. The van der Waals surface area contributed by atoms with Crippen molar-refractivity contribution in [2.24, 2.45) is 0 Å². The Bertz CT molecular complexity index is 473. The van der Waals surface area contributed by atoms with Gasteiger partial charge in [0.25, 0.3) is 11.8 Å². The average molecular weight is 248 g/mol. The molecule has 1 heterocycles. The molecule has 0 aromatic heterocycles. The van der Waals surface area contributed by atoms with Crippen LogP contribution in [0, 0.1) is 6.92 Å². The fourth-order valence-corrected chi connectivity index (χ4v) is 1.89. The van der Waals surface area contributed by atoms with Gasteiger partial charge in [-0.15, -0.1) is 0 Å². The number of aryl methyl sites for hydroxylation is 1. The van der Waals surface area contributed by atoms with Crippen molar-refractivity contribution in [2.45, 2.75) is 19.9 Å². The lowest BCUT2D eigenvalue weighted by molar-refractivity contribution is -0.160. The van der Waals surface area contributed by atoms with Gasteiger partial charge in [-0.05, 0) is 25.5 Å². The van der Waals surface area contributed by atoms with Gasteiger partial charge in [-0.3, -0.25) is 14.4 Å². The summed E-state index contributed by atoms with van der Waals surface area (Å²) in [6.07, 6.45) is 0. The second-order valence-corrected chi connectivity index (χ2v) is 4.17. The molecule has 18 heavy (non-hydrogen) atoms. The van der Waals surface area contributed by atoms with Gasteiger partial charge in [0.05, 0.1) is 0 Å². The molecule has 1 aliphatic rings. The van der Waals surface area contributed by atoms with Gasteiger partial charge in [0.15, 0.2) is 0 Å². The second-order valence-electron chi connectivity index (χ2n) is 4.17. The van der Waals surface area contributed by atoms with Crippen LogP contribution in [0.4, 0.5) is 0 Å². The summed E-state index contributed by atoms with van der Waals surface area (Å²) >= 11 is 0. The zero-order valence-corrected chi connectivity index (χ0v) is 10.5. The smallest absolute Gasteiger partial charge is 0.271 e. The third-order valence-corrected chi connectivity index (χ3v) is 2.92. The molecular formula is C13H16N2O3. The Morgan fingerprint density at radius 2 is 2.22 bits per heavy atom. The topological polar surface area (TPSA) is 58.6 Å². The molecule has 0 aliphatic carbocycles. The predicted octanol–water partition coefficient (Wildman–Crippen LogP) is 0.887. The maximum absolute atomic E-state index is 12.0. The predicted molar refractivity (Wildman–Crippen MR) is 65.8 cm³/mol. The highest BCUT2D eigenvalue weighted by molar-refractivity contribution is 5.98. The SMILES string of the molecule is CCN1OCC(NC(=O)c2ccccc2C)C1=O. The number of likely N-dealkylation sites (N-methyl/N-ethyl adjacent to an activating group) is 1. The van der Waals surface area contributed by atoms with Crippen molar-refractivity contribution in [2.75, 3.05) is 13.2 Å². The molecule has 1 aromatic carbocycles. The van der Waals surface area contributed by atoms with E-state index in [-0.39, 0.29) is 18.4 Å². The van der Waals surface area contributed by atoms with Crippen molar-refractivity contribution in [3.05, 3.63) is 35.4 Å². The van der Waals surface area contributed by atoms with Gasteiger partial charge in [0, 0.05) is 12.1 Å². The molecule has 1 fully saturated rings. The van der Waals surface area contributed by atoms with Crippen LogP contribution in [0.3, 0.4) is 0 Å². The zero-order chi connectivity index (χ0) is 13.1. The van der Waals surface area contributed by atoms with Gasteiger partial charge in [-0.25, -0.2) is 5.06 Å². The Labute approximate surface area is 106 Å². The molecular weight excluding hydrogens is 232 g/mol. The third kappa shape index (κ3) is 2.36.